The first-order valence-corrected chi connectivity index (χ1v) is 9.99. The van der Waals surface area contributed by atoms with Crippen LogP contribution in [0.25, 0.3) is 0 Å². The molecule has 0 unspecified atom stereocenters. The van der Waals surface area contributed by atoms with Gasteiger partial charge in [0, 0.05) is 14.3 Å². The van der Waals surface area contributed by atoms with Crippen LogP contribution in [0.2, 0.25) is 0 Å². The van der Waals surface area contributed by atoms with Crippen molar-refractivity contribution in [2.24, 2.45) is 0 Å². The Morgan fingerprint density at radius 2 is 1.85 bits per heavy atom. The van der Waals surface area contributed by atoms with Gasteiger partial charge in [-0.15, -0.1) is 11.8 Å². The maximum atomic E-state index is 12.1. The molecule has 0 aliphatic carbocycles. The van der Waals surface area contributed by atoms with Crippen LogP contribution in [0.3, 0.4) is 0 Å². The number of fused-ring (bicyclic) bond motifs is 1. The number of benzene rings is 2. The van der Waals surface area contributed by atoms with Gasteiger partial charge in [0.25, 0.3) is 0 Å². The Hall–Kier alpha value is -1.86. The molecule has 0 spiro atoms. The lowest BCUT2D eigenvalue weighted by molar-refractivity contribution is -0.527. The van der Waals surface area contributed by atoms with E-state index in [1.807, 2.05) is 48.5 Å². The van der Waals surface area contributed by atoms with Crippen molar-refractivity contribution in [2.45, 2.75) is 35.4 Å². The van der Waals surface area contributed by atoms with E-state index in [1.165, 1.54) is 11.8 Å². The van der Waals surface area contributed by atoms with Gasteiger partial charge in [-0.25, -0.2) is 0 Å². The predicted octanol–water partition coefficient (Wildman–Crippen LogP) is 4.98. The molecule has 2 aromatic carbocycles. The van der Waals surface area contributed by atoms with Gasteiger partial charge in [0.15, 0.2) is 0 Å². The van der Waals surface area contributed by atoms with E-state index in [0.717, 1.165) is 20.5 Å². The average Bonchev–Trinajstić information content (AvgIpc) is 2.61. The van der Waals surface area contributed by atoms with Crippen LogP contribution in [0.4, 0.5) is 0 Å². The smallest absolute Gasteiger partial charge is 0.306 e. The van der Waals surface area contributed by atoms with Gasteiger partial charge < -0.3 is 4.74 Å². The fraction of sp³-hybridized carbons (Fsp3) is 0.316. The van der Waals surface area contributed by atoms with Gasteiger partial charge >= 0.3 is 5.97 Å². The maximum Gasteiger partial charge on any atom is 0.306 e. The number of carbonyl (C=O) groups is 1. The van der Waals surface area contributed by atoms with Crippen molar-refractivity contribution in [2.75, 3.05) is 6.61 Å². The zero-order valence-electron chi connectivity index (χ0n) is 14.1. The van der Waals surface area contributed by atoms with Gasteiger partial charge in [-0.2, -0.15) is 0 Å². The minimum Gasteiger partial charge on any atom is -0.466 e. The number of rotatable bonds is 5. The monoisotopic (exact) mass is 435 g/mol. The Morgan fingerprint density at radius 1 is 1.19 bits per heavy atom. The van der Waals surface area contributed by atoms with Crippen LogP contribution in [0.1, 0.15) is 35.6 Å². The van der Waals surface area contributed by atoms with Crippen LogP contribution >= 0.6 is 27.7 Å². The molecule has 3 rings (SSSR count). The van der Waals surface area contributed by atoms with Gasteiger partial charge in [-0.1, -0.05) is 52.3 Å². The predicted molar refractivity (Wildman–Crippen MR) is 104 cm³/mol. The first-order valence-electron chi connectivity index (χ1n) is 8.32. The maximum absolute atomic E-state index is 12.1. The molecule has 1 aliphatic rings. The zero-order valence-corrected chi connectivity index (χ0v) is 16.5. The Kier molecular flexibility index (Phi) is 5.98. The third kappa shape index (κ3) is 3.78. The number of ether oxygens (including phenoxy) is 1. The van der Waals surface area contributed by atoms with Crippen LogP contribution in [-0.4, -0.2) is 23.5 Å². The summed E-state index contributed by atoms with van der Waals surface area (Å²) in [4.78, 5) is 24.9. The third-order valence-corrected chi connectivity index (χ3v) is 6.58. The number of carbonyl (C=O) groups excluding carboxylic acids is 1. The Morgan fingerprint density at radius 3 is 2.50 bits per heavy atom. The van der Waals surface area contributed by atoms with Gasteiger partial charge in [-0.3, -0.25) is 14.9 Å². The third-order valence-electron chi connectivity index (χ3n) is 4.44. The van der Waals surface area contributed by atoms with Gasteiger partial charge in [0.05, 0.1) is 18.9 Å². The minimum atomic E-state index is -0.919. The van der Waals surface area contributed by atoms with Crippen molar-refractivity contribution in [3.05, 3.63) is 74.2 Å². The van der Waals surface area contributed by atoms with E-state index < -0.39 is 23.2 Å². The van der Waals surface area contributed by atoms with Crippen LogP contribution in [-0.2, 0) is 9.53 Å². The molecule has 7 heteroatoms. The van der Waals surface area contributed by atoms with E-state index in [-0.39, 0.29) is 18.0 Å². The Balaban J connectivity index is 2.08. The topological polar surface area (TPSA) is 69.4 Å². The van der Waals surface area contributed by atoms with Crippen LogP contribution < -0.4 is 0 Å². The van der Waals surface area contributed by atoms with E-state index in [1.54, 1.807) is 6.92 Å². The number of esters is 1. The molecule has 0 saturated carbocycles. The van der Waals surface area contributed by atoms with Gasteiger partial charge in [0.1, 0.15) is 5.25 Å². The summed E-state index contributed by atoms with van der Waals surface area (Å²) < 4.78 is 5.91. The van der Waals surface area contributed by atoms with Crippen LogP contribution in [0.5, 0.6) is 0 Å². The Bertz CT molecular complexity index is 829. The second-order valence-electron chi connectivity index (χ2n) is 5.99. The molecule has 26 heavy (non-hydrogen) atoms. The molecule has 0 fully saturated rings. The van der Waals surface area contributed by atoms with Crippen molar-refractivity contribution < 1.29 is 14.5 Å². The quantitative estimate of drug-likeness (QED) is 0.376. The number of halogens is 1. The summed E-state index contributed by atoms with van der Waals surface area (Å²) in [6, 6.07) is 14.2. The normalized spacial score (nSPS) is 21.7. The molecule has 0 N–H and O–H groups in total. The van der Waals surface area contributed by atoms with Crippen molar-refractivity contribution >= 4 is 33.7 Å². The summed E-state index contributed by atoms with van der Waals surface area (Å²) in [5, 5.41) is 11.6. The molecule has 0 amide bonds. The fourth-order valence-corrected chi connectivity index (χ4v) is 5.57. The SMILES string of the molecule is CCOC(=O)C[C@H]1c2ccccc2S[C@H](c2ccccc2Br)[C@H]1[N+](=O)[O-]. The lowest BCUT2D eigenvalue weighted by Crippen LogP contribution is -2.37. The fourth-order valence-electron chi connectivity index (χ4n) is 3.34. The molecular weight excluding hydrogens is 418 g/mol. The van der Waals surface area contributed by atoms with Crippen LogP contribution in [0.15, 0.2) is 57.9 Å². The summed E-state index contributed by atoms with van der Waals surface area (Å²) in [7, 11) is 0. The number of hydrogen-bond acceptors (Lipinski definition) is 5. The van der Waals surface area contributed by atoms with E-state index in [2.05, 4.69) is 15.9 Å². The summed E-state index contributed by atoms with van der Waals surface area (Å²) in [6.07, 6.45) is -0.00197. The van der Waals surface area contributed by atoms with Crippen molar-refractivity contribution in [1.82, 2.24) is 0 Å². The zero-order chi connectivity index (χ0) is 18.7. The van der Waals surface area contributed by atoms with E-state index in [0.29, 0.717) is 0 Å². The number of thioether (sulfide) groups is 1. The van der Waals surface area contributed by atoms with Crippen molar-refractivity contribution in [3.63, 3.8) is 0 Å². The highest BCUT2D eigenvalue weighted by Gasteiger charge is 2.47. The summed E-state index contributed by atoms with van der Waals surface area (Å²) in [5.41, 5.74) is 1.71. The first-order chi connectivity index (χ1) is 12.5. The van der Waals surface area contributed by atoms with E-state index in [9.17, 15) is 14.9 Å². The van der Waals surface area contributed by atoms with Crippen LogP contribution in [0, 0.1) is 10.1 Å². The average molecular weight is 436 g/mol. The summed E-state index contributed by atoms with van der Waals surface area (Å²) in [5.74, 6) is -0.935. The molecular formula is C19H18BrNO4S. The van der Waals surface area contributed by atoms with E-state index in [4.69, 9.17) is 4.74 Å². The minimum absolute atomic E-state index is 0.00197. The molecule has 1 heterocycles. The van der Waals surface area contributed by atoms with Crippen molar-refractivity contribution in [3.8, 4) is 0 Å². The molecule has 0 aromatic heterocycles. The summed E-state index contributed by atoms with van der Waals surface area (Å²) in [6.45, 7) is 2.00. The number of hydrogen-bond donors (Lipinski definition) is 0. The second kappa shape index (κ2) is 8.22. The second-order valence-corrected chi connectivity index (χ2v) is 8.03. The van der Waals surface area contributed by atoms with E-state index >= 15 is 0 Å². The molecule has 136 valence electrons. The molecule has 0 bridgehead atoms. The lowest BCUT2D eigenvalue weighted by Gasteiger charge is -2.34. The largest absolute Gasteiger partial charge is 0.466 e. The molecule has 0 radical (unpaired) electrons. The standard InChI is InChI=1S/C19H18BrNO4S/c1-2-25-17(22)11-14-12-7-4-6-10-16(12)26-19(18(14)21(23)24)13-8-3-5-9-15(13)20/h3-10,14,18-19H,2,11H2,1H3/t14-,18-,19+/m0/s1. The molecule has 0 saturated heterocycles. The molecule has 1 aliphatic heterocycles. The Labute approximate surface area is 164 Å². The first kappa shape index (κ1) is 18.9. The highest BCUT2D eigenvalue weighted by molar-refractivity contribution is 9.10. The molecule has 2 aromatic rings. The number of nitrogens with zero attached hydrogens (tertiary/aromatic N) is 1. The molecule has 3 atom stereocenters. The highest BCUT2D eigenvalue weighted by Crippen LogP contribution is 2.52. The van der Waals surface area contributed by atoms with Gasteiger partial charge in [-0.05, 0) is 30.2 Å². The van der Waals surface area contributed by atoms with Gasteiger partial charge in [0.2, 0.25) is 6.04 Å². The highest BCUT2D eigenvalue weighted by atomic mass is 79.9. The van der Waals surface area contributed by atoms with Crippen molar-refractivity contribution in [1.29, 1.82) is 0 Å². The molecule has 5 nitrogen and oxygen atoms in total. The number of nitro groups is 1. The lowest BCUT2D eigenvalue weighted by atomic mass is 9.84. The summed E-state index contributed by atoms with van der Waals surface area (Å²) >= 11 is 5.00.